The van der Waals surface area contributed by atoms with Crippen molar-refractivity contribution >= 4 is 17.4 Å². The Kier molecular flexibility index (Phi) is 5.30. The van der Waals surface area contributed by atoms with Gasteiger partial charge >= 0.3 is 0 Å². The third-order valence-corrected chi connectivity index (χ3v) is 4.52. The number of carbonyl (C=O) groups is 1. The van der Waals surface area contributed by atoms with E-state index in [0.29, 0.717) is 28.5 Å². The molecule has 0 aliphatic rings. The topological polar surface area (TPSA) is 90.5 Å². The third kappa shape index (κ3) is 4.07. The predicted molar refractivity (Wildman–Crippen MR) is 113 cm³/mol. The summed E-state index contributed by atoms with van der Waals surface area (Å²) in [6.07, 6.45) is 1.60. The monoisotopic (exact) mass is 403 g/mol. The predicted octanol–water partition coefficient (Wildman–Crippen LogP) is 3.30. The molecule has 0 atom stereocenters. The van der Waals surface area contributed by atoms with E-state index < -0.39 is 0 Å². The van der Waals surface area contributed by atoms with Crippen molar-refractivity contribution in [2.45, 2.75) is 26.5 Å². The van der Waals surface area contributed by atoms with Gasteiger partial charge in [-0.15, -0.1) is 0 Å². The largest absolute Gasteiger partial charge is 0.487 e. The molecule has 8 nitrogen and oxygen atoms in total. The van der Waals surface area contributed by atoms with Gasteiger partial charge < -0.3 is 10.1 Å². The van der Waals surface area contributed by atoms with Crippen LogP contribution in [0, 0.1) is 0 Å². The number of rotatable bonds is 6. The van der Waals surface area contributed by atoms with Crippen LogP contribution in [0.15, 0.2) is 71.8 Å². The molecule has 0 aliphatic heterocycles. The average molecular weight is 403 g/mol. The number of hydrogen-bond acceptors (Lipinski definition) is 5. The fraction of sp³-hybridized carbons (Fsp3) is 0.182. The Labute approximate surface area is 172 Å². The molecule has 2 aromatic heterocycles. The maximum absolute atomic E-state index is 12.4. The summed E-state index contributed by atoms with van der Waals surface area (Å²) in [7, 11) is 0. The summed E-state index contributed by atoms with van der Waals surface area (Å²) < 4.78 is 8.91. The van der Waals surface area contributed by atoms with Crippen molar-refractivity contribution in [2.24, 2.45) is 0 Å². The molecule has 0 fully saturated rings. The van der Waals surface area contributed by atoms with Crippen molar-refractivity contribution in [1.29, 1.82) is 0 Å². The van der Waals surface area contributed by atoms with Crippen LogP contribution in [0.5, 0.6) is 5.75 Å². The highest BCUT2D eigenvalue weighted by Gasteiger charge is 2.11. The van der Waals surface area contributed by atoms with Gasteiger partial charge in [0.15, 0.2) is 0 Å². The second-order valence-electron chi connectivity index (χ2n) is 7.05. The van der Waals surface area contributed by atoms with E-state index in [0.717, 1.165) is 0 Å². The van der Waals surface area contributed by atoms with E-state index in [1.54, 1.807) is 47.4 Å². The zero-order valence-corrected chi connectivity index (χ0v) is 16.6. The molecule has 1 amide bonds. The van der Waals surface area contributed by atoms with Crippen molar-refractivity contribution in [3.05, 3.63) is 88.6 Å². The Morgan fingerprint density at radius 1 is 1.10 bits per heavy atom. The van der Waals surface area contributed by atoms with Crippen molar-refractivity contribution in [1.82, 2.24) is 19.2 Å². The smallest absolute Gasteiger partial charge is 0.274 e. The van der Waals surface area contributed by atoms with Crippen LogP contribution in [0.4, 0.5) is 5.69 Å². The normalized spacial score (nSPS) is 11.0. The lowest BCUT2D eigenvalue weighted by atomic mass is 10.2. The number of nitrogens with zero attached hydrogens (tertiary/aromatic N) is 4. The molecule has 0 radical (unpaired) electrons. The highest BCUT2D eigenvalue weighted by molar-refractivity contribution is 6.04. The van der Waals surface area contributed by atoms with E-state index in [2.05, 4.69) is 15.3 Å². The first-order valence-electron chi connectivity index (χ1n) is 9.56. The van der Waals surface area contributed by atoms with Gasteiger partial charge in [0, 0.05) is 23.4 Å². The zero-order valence-electron chi connectivity index (χ0n) is 16.6. The lowest BCUT2D eigenvalue weighted by Crippen LogP contribution is -2.23. The number of benzene rings is 2. The number of aromatic nitrogens is 4. The minimum atomic E-state index is -0.205. The summed E-state index contributed by atoms with van der Waals surface area (Å²) in [5.74, 6) is 0.763. The number of anilines is 1. The van der Waals surface area contributed by atoms with Crippen molar-refractivity contribution in [2.75, 3.05) is 5.32 Å². The van der Waals surface area contributed by atoms with Crippen LogP contribution in [0.3, 0.4) is 0 Å². The molecule has 30 heavy (non-hydrogen) atoms. The maximum Gasteiger partial charge on any atom is 0.274 e. The molecule has 0 aliphatic carbocycles. The van der Waals surface area contributed by atoms with Gasteiger partial charge in [-0.1, -0.05) is 18.2 Å². The van der Waals surface area contributed by atoms with Gasteiger partial charge in [-0.2, -0.15) is 9.50 Å². The number of nitrogens with one attached hydrogen (secondary N) is 1. The minimum absolute atomic E-state index is 0.0949. The van der Waals surface area contributed by atoms with Crippen LogP contribution in [0.25, 0.3) is 5.78 Å². The number of ether oxygens (including phenoxy) is 1. The van der Waals surface area contributed by atoms with E-state index in [1.165, 1.54) is 10.6 Å². The third-order valence-electron chi connectivity index (χ3n) is 4.52. The van der Waals surface area contributed by atoms with Crippen LogP contribution >= 0.6 is 0 Å². The second-order valence-corrected chi connectivity index (χ2v) is 7.05. The molecule has 0 spiro atoms. The minimum Gasteiger partial charge on any atom is -0.487 e. The number of amides is 1. The molecule has 0 unspecified atom stereocenters. The molecule has 1 N–H and O–H groups in total. The summed E-state index contributed by atoms with van der Waals surface area (Å²) in [4.78, 5) is 33.2. The van der Waals surface area contributed by atoms with Crippen LogP contribution < -0.4 is 15.6 Å². The molecule has 152 valence electrons. The molecular formula is C22H21N5O3. The molecule has 8 heteroatoms. The fourth-order valence-electron chi connectivity index (χ4n) is 3.00. The van der Waals surface area contributed by atoms with Gasteiger partial charge in [0.1, 0.15) is 18.7 Å². The van der Waals surface area contributed by atoms with Gasteiger partial charge in [-0.3, -0.25) is 14.3 Å². The summed E-state index contributed by atoms with van der Waals surface area (Å²) in [6.45, 7) is 4.07. The van der Waals surface area contributed by atoms with Crippen LogP contribution in [-0.2, 0) is 6.61 Å². The van der Waals surface area contributed by atoms with Gasteiger partial charge in [0.25, 0.3) is 17.2 Å². The molecular weight excluding hydrogens is 382 g/mol. The summed E-state index contributed by atoms with van der Waals surface area (Å²) >= 11 is 0. The van der Waals surface area contributed by atoms with Crippen LogP contribution in [0.2, 0.25) is 0 Å². The quantitative estimate of drug-likeness (QED) is 0.533. The van der Waals surface area contributed by atoms with Gasteiger partial charge in [0.2, 0.25) is 0 Å². The fourth-order valence-corrected chi connectivity index (χ4v) is 3.00. The average Bonchev–Trinajstić information content (AvgIpc) is 3.19. The first-order valence-corrected chi connectivity index (χ1v) is 9.56. The highest BCUT2D eigenvalue weighted by Crippen LogP contribution is 2.17. The lowest BCUT2D eigenvalue weighted by molar-refractivity contribution is 0.102. The second kappa shape index (κ2) is 8.20. The number of hydrogen-bond donors (Lipinski definition) is 1. The van der Waals surface area contributed by atoms with E-state index in [4.69, 9.17) is 4.74 Å². The van der Waals surface area contributed by atoms with E-state index in [9.17, 15) is 9.59 Å². The Bertz CT molecular complexity index is 1230. The SMILES string of the molecule is CC(C)n1cnc2nc(COc3ccc(NC(=O)c4ccccc4)cc3)cc(=O)n21. The Balaban J connectivity index is 1.42. The first kappa shape index (κ1) is 19.4. The highest BCUT2D eigenvalue weighted by atomic mass is 16.5. The van der Waals surface area contributed by atoms with Crippen molar-refractivity contribution in [3.8, 4) is 5.75 Å². The Morgan fingerprint density at radius 2 is 1.83 bits per heavy atom. The van der Waals surface area contributed by atoms with Crippen molar-refractivity contribution < 1.29 is 9.53 Å². The Morgan fingerprint density at radius 3 is 2.53 bits per heavy atom. The van der Waals surface area contributed by atoms with Gasteiger partial charge in [-0.05, 0) is 50.2 Å². The lowest BCUT2D eigenvalue weighted by Gasteiger charge is -2.10. The van der Waals surface area contributed by atoms with Crippen molar-refractivity contribution in [3.63, 3.8) is 0 Å². The molecule has 0 saturated heterocycles. The number of fused-ring (bicyclic) bond motifs is 1. The summed E-state index contributed by atoms with van der Waals surface area (Å²) in [6, 6.07) is 17.6. The van der Waals surface area contributed by atoms with E-state index in [-0.39, 0.29) is 24.1 Å². The zero-order chi connectivity index (χ0) is 21.1. The molecule has 0 saturated carbocycles. The number of carbonyl (C=O) groups excluding carboxylic acids is 1. The molecule has 2 heterocycles. The summed E-state index contributed by atoms with van der Waals surface area (Å²) in [5.41, 5.74) is 1.54. The first-order chi connectivity index (χ1) is 14.5. The molecule has 4 aromatic rings. The van der Waals surface area contributed by atoms with E-state index in [1.807, 2.05) is 32.0 Å². The van der Waals surface area contributed by atoms with Gasteiger partial charge in [-0.25, -0.2) is 4.98 Å². The Hall–Kier alpha value is -3.94. The van der Waals surface area contributed by atoms with Crippen LogP contribution in [0.1, 0.15) is 35.9 Å². The standard InChI is InChI=1S/C22H21N5O3/c1-15(2)26-14-23-22-25-18(12-20(28)27(22)26)13-30-19-10-8-17(9-11-19)24-21(29)16-6-4-3-5-7-16/h3-12,14-15H,13H2,1-2H3,(H,24,29). The molecule has 4 rings (SSSR count). The summed E-state index contributed by atoms with van der Waals surface area (Å²) in [5, 5.41) is 2.84. The maximum atomic E-state index is 12.4. The molecule has 2 aromatic carbocycles. The van der Waals surface area contributed by atoms with Crippen LogP contribution in [-0.4, -0.2) is 25.1 Å². The molecule has 0 bridgehead atoms. The van der Waals surface area contributed by atoms with Gasteiger partial charge in [0.05, 0.1) is 5.69 Å². The van der Waals surface area contributed by atoms with E-state index >= 15 is 0 Å².